The van der Waals surface area contributed by atoms with E-state index in [9.17, 15) is 4.79 Å². The predicted octanol–water partition coefficient (Wildman–Crippen LogP) is 1.49. The molecule has 0 saturated carbocycles. The standard InChI is InChI=1S/C10H22N2O2/c1-7(2)8(11)6-14-9(13)12-10(3,4)5/h7-8H,6,11H2,1-5H3,(H,12,13)/t8-/m1/s1. The summed E-state index contributed by atoms with van der Waals surface area (Å²) in [5, 5.41) is 2.70. The summed E-state index contributed by atoms with van der Waals surface area (Å²) in [7, 11) is 0. The number of nitrogens with one attached hydrogen (secondary N) is 1. The van der Waals surface area contributed by atoms with Crippen LogP contribution in [-0.4, -0.2) is 24.3 Å². The summed E-state index contributed by atoms with van der Waals surface area (Å²) in [6, 6.07) is -0.0966. The highest BCUT2D eigenvalue weighted by atomic mass is 16.5. The molecule has 0 radical (unpaired) electrons. The first kappa shape index (κ1) is 13.2. The van der Waals surface area contributed by atoms with Crippen molar-refractivity contribution in [3.05, 3.63) is 0 Å². The fourth-order valence-electron chi connectivity index (χ4n) is 0.707. The van der Waals surface area contributed by atoms with Crippen LogP contribution in [-0.2, 0) is 4.74 Å². The van der Waals surface area contributed by atoms with Crippen LogP contribution in [0.4, 0.5) is 4.79 Å². The minimum Gasteiger partial charge on any atom is -0.448 e. The highest BCUT2D eigenvalue weighted by molar-refractivity contribution is 5.68. The molecule has 1 amide bonds. The summed E-state index contributed by atoms with van der Waals surface area (Å²) in [6.07, 6.45) is -0.409. The van der Waals surface area contributed by atoms with Crippen molar-refractivity contribution < 1.29 is 9.53 Å². The topological polar surface area (TPSA) is 64.3 Å². The van der Waals surface area contributed by atoms with Gasteiger partial charge in [-0.2, -0.15) is 0 Å². The Balaban J connectivity index is 3.75. The van der Waals surface area contributed by atoms with Crippen LogP contribution in [0.2, 0.25) is 0 Å². The Morgan fingerprint density at radius 3 is 2.29 bits per heavy atom. The number of amides is 1. The molecule has 0 aliphatic carbocycles. The molecule has 0 heterocycles. The van der Waals surface area contributed by atoms with Gasteiger partial charge in [0.1, 0.15) is 6.61 Å². The molecular weight excluding hydrogens is 180 g/mol. The van der Waals surface area contributed by atoms with E-state index in [0.717, 1.165) is 0 Å². The van der Waals surface area contributed by atoms with Crippen molar-refractivity contribution in [2.24, 2.45) is 11.7 Å². The van der Waals surface area contributed by atoms with Crippen molar-refractivity contribution in [1.29, 1.82) is 0 Å². The lowest BCUT2D eigenvalue weighted by Gasteiger charge is -2.21. The lowest BCUT2D eigenvalue weighted by Crippen LogP contribution is -2.43. The molecule has 0 aliphatic rings. The predicted molar refractivity (Wildman–Crippen MR) is 57.1 cm³/mol. The quantitative estimate of drug-likeness (QED) is 0.729. The normalized spacial score (nSPS) is 13.9. The van der Waals surface area contributed by atoms with Crippen LogP contribution < -0.4 is 11.1 Å². The van der Waals surface area contributed by atoms with Gasteiger partial charge < -0.3 is 15.8 Å². The van der Waals surface area contributed by atoms with E-state index < -0.39 is 6.09 Å². The van der Waals surface area contributed by atoms with Crippen molar-refractivity contribution in [2.45, 2.75) is 46.2 Å². The van der Waals surface area contributed by atoms with Crippen LogP contribution in [0, 0.1) is 5.92 Å². The zero-order valence-electron chi connectivity index (χ0n) is 9.76. The third-order valence-corrected chi connectivity index (χ3v) is 1.74. The molecule has 4 heteroatoms. The average molecular weight is 202 g/mol. The van der Waals surface area contributed by atoms with E-state index >= 15 is 0 Å². The summed E-state index contributed by atoms with van der Waals surface area (Å²) in [5.74, 6) is 0.317. The highest BCUT2D eigenvalue weighted by Crippen LogP contribution is 2.01. The lowest BCUT2D eigenvalue weighted by molar-refractivity contribution is 0.125. The highest BCUT2D eigenvalue weighted by Gasteiger charge is 2.16. The van der Waals surface area contributed by atoms with Gasteiger partial charge in [0.15, 0.2) is 0 Å². The molecule has 0 bridgehead atoms. The number of hydrogen-bond donors (Lipinski definition) is 2. The summed E-state index contributed by atoms with van der Waals surface area (Å²) in [6.45, 7) is 9.95. The Hall–Kier alpha value is -0.770. The van der Waals surface area contributed by atoms with Crippen LogP contribution in [0.25, 0.3) is 0 Å². The van der Waals surface area contributed by atoms with Crippen LogP contribution in [0.1, 0.15) is 34.6 Å². The Kier molecular flexibility index (Phi) is 4.91. The molecule has 3 N–H and O–H groups in total. The van der Waals surface area contributed by atoms with E-state index in [4.69, 9.17) is 10.5 Å². The second-order valence-electron chi connectivity index (χ2n) is 4.88. The Morgan fingerprint density at radius 1 is 1.43 bits per heavy atom. The largest absolute Gasteiger partial charge is 0.448 e. The van der Waals surface area contributed by atoms with Gasteiger partial charge in [0, 0.05) is 11.6 Å². The van der Waals surface area contributed by atoms with Gasteiger partial charge >= 0.3 is 6.09 Å². The van der Waals surface area contributed by atoms with Crippen LogP contribution >= 0.6 is 0 Å². The zero-order valence-corrected chi connectivity index (χ0v) is 9.76. The summed E-state index contributed by atoms with van der Waals surface area (Å²) < 4.78 is 4.97. The fourth-order valence-corrected chi connectivity index (χ4v) is 0.707. The summed E-state index contributed by atoms with van der Waals surface area (Å²) >= 11 is 0. The Labute approximate surface area is 86.2 Å². The lowest BCUT2D eigenvalue weighted by atomic mass is 10.1. The number of rotatable bonds is 3. The fraction of sp³-hybridized carbons (Fsp3) is 0.900. The number of hydrogen-bond acceptors (Lipinski definition) is 3. The first-order valence-corrected chi connectivity index (χ1v) is 4.93. The third-order valence-electron chi connectivity index (χ3n) is 1.74. The van der Waals surface area contributed by atoms with Gasteiger partial charge in [-0.3, -0.25) is 0 Å². The van der Waals surface area contributed by atoms with Crippen molar-refractivity contribution >= 4 is 6.09 Å². The number of carbonyl (C=O) groups excluding carboxylic acids is 1. The van der Waals surface area contributed by atoms with Gasteiger partial charge in [0.2, 0.25) is 0 Å². The van der Waals surface area contributed by atoms with E-state index in [0.29, 0.717) is 5.92 Å². The van der Waals surface area contributed by atoms with Gasteiger partial charge in [-0.05, 0) is 26.7 Å². The minimum absolute atomic E-state index is 0.0966. The van der Waals surface area contributed by atoms with Crippen molar-refractivity contribution in [1.82, 2.24) is 5.32 Å². The molecule has 1 atom stereocenters. The SMILES string of the molecule is CC(C)[C@H](N)COC(=O)NC(C)(C)C. The van der Waals surface area contributed by atoms with Gasteiger partial charge in [-0.1, -0.05) is 13.8 Å². The number of carbonyl (C=O) groups is 1. The van der Waals surface area contributed by atoms with E-state index in [2.05, 4.69) is 5.32 Å². The van der Waals surface area contributed by atoms with Crippen molar-refractivity contribution in [3.63, 3.8) is 0 Å². The van der Waals surface area contributed by atoms with Crippen LogP contribution in [0.3, 0.4) is 0 Å². The van der Waals surface area contributed by atoms with E-state index in [1.54, 1.807) is 0 Å². The third kappa shape index (κ3) is 6.71. The van der Waals surface area contributed by atoms with Gasteiger partial charge in [0.05, 0.1) is 0 Å². The minimum atomic E-state index is -0.409. The smallest absolute Gasteiger partial charge is 0.407 e. The molecular formula is C10H22N2O2. The summed E-state index contributed by atoms with van der Waals surface area (Å²) in [5.41, 5.74) is 5.46. The molecule has 0 rings (SSSR count). The Morgan fingerprint density at radius 2 is 1.93 bits per heavy atom. The van der Waals surface area contributed by atoms with E-state index in [-0.39, 0.29) is 18.2 Å². The first-order chi connectivity index (χ1) is 6.22. The number of nitrogens with two attached hydrogens (primary N) is 1. The molecule has 0 aromatic carbocycles. The molecule has 0 aromatic rings. The molecule has 0 spiro atoms. The second-order valence-corrected chi connectivity index (χ2v) is 4.88. The first-order valence-electron chi connectivity index (χ1n) is 4.93. The monoisotopic (exact) mass is 202 g/mol. The maximum absolute atomic E-state index is 11.2. The molecule has 4 nitrogen and oxygen atoms in total. The molecule has 0 aromatic heterocycles. The van der Waals surface area contributed by atoms with Crippen LogP contribution in [0.5, 0.6) is 0 Å². The molecule has 14 heavy (non-hydrogen) atoms. The maximum atomic E-state index is 11.2. The molecule has 0 aliphatic heterocycles. The van der Waals surface area contributed by atoms with E-state index in [1.807, 2.05) is 34.6 Å². The van der Waals surface area contributed by atoms with Gasteiger partial charge in [0.25, 0.3) is 0 Å². The molecule has 0 fully saturated rings. The number of alkyl carbamates (subject to hydrolysis) is 1. The molecule has 84 valence electrons. The molecule has 0 unspecified atom stereocenters. The zero-order chi connectivity index (χ0) is 11.4. The molecule has 0 saturated heterocycles. The second kappa shape index (κ2) is 5.20. The average Bonchev–Trinajstić information content (AvgIpc) is 1.96. The van der Waals surface area contributed by atoms with Crippen molar-refractivity contribution in [3.8, 4) is 0 Å². The summed E-state index contributed by atoms with van der Waals surface area (Å²) in [4.78, 5) is 11.2. The maximum Gasteiger partial charge on any atom is 0.407 e. The van der Waals surface area contributed by atoms with Crippen molar-refractivity contribution in [2.75, 3.05) is 6.61 Å². The van der Waals surface area contributed by atoms with E-state index in [1.165, 1.54) is 0 Å². The van der Waals surface area contributed by atoms with Gasteiger partial charge in [-0.25, -0.2) is 4.79 Å². The number of ether oxygens (including phenoxy) is 1. The Bertz CT molecular complexity index is 185. The van der Waals surface area contributed by atoms with Crippen LogP contribution in [0.15, 0.2) is 0 Å². The van der Waals surface area contributed by atoms with Gasteiger partial charge in [-0.15, -0.1) is 0 Å².